The number of imide groups is 1. The van der Waals surface area contributed by atoms with E-state index in [1.807, 2.05) is 12.1 Å². The molecule has 0 aromatic heterocycles. The largest absolute Gasteiger partial charge is 0.489 e. The molecule has 1 saturated carbocycles. The molecule has 0 atom stereocenters. The van der Waals surface area contributed by atoms with Crippen LogP contribution in [-0.4, -0.2) is 17.3 Å². The number of nitrogens with one attached hydrogen (secondary N) is 1. The van der Waals surface area contributed by atoms with E-state index < -0.39 is 0 Å². The zero-order chi connectivity index (χ0) is 15.5. The fourth-order valence-electron chi connectivity index (χ4n) is 2.66. The lowest BCUT2D eigenvalue weighted by Crippen LogP contribution is -2.19. The topological polar surface area (TPSA) is 55.4 Å². The van der Waals surface area contributed by atoms with Gasteiger partial charge in [-0.2, -0.15) is 0 Å². The highest BCUT2D eigenvalue weighted by Crippen LogP contribution is 2.34. The first-order chi connectivity index (χ1) is 10.6. The third kappa shape index (κ3) is 3.47. The molecule has 1 aromatic carbocycles. The van der Waals surface area contributed by atoms with Crippen molar-refractivity contribution in [1.29, 1.82) is 0 Å². The summed E-state index contributed by atoms with van der Waals surface area (Å²) in [6.07, 6.45) is 7.57. The van der Waals surface area contributed by atoms with E-state index in [1.165, 1.54) is 19.3 Å². The first-order valence-corrected chi connectivity index (χ1v) is 8.53. The van der Waals surface area contributed by atoms with E-state index >= 15 is 0 Å². The third-order valence-electron chi connectivity index (χ3n) is 3.77. The van der Waals surface area contributed by atoms with Gasteiger partial charge < -0.3 is 4.74 Å². The van der Waals surface area contributed by atoms with Crippen LogP contribution in [0.3, 0.4) is 0 Å². The normalized spacial score (nSPS) is 21.2. The van der Waals surface area contributed by atoms with Gasteiger partial charge in [0.2, 0.25) is 0 Å². The van der Waals surface area contributed by atoms with Crippen molar-refractivity contribution in [2.45, 2.75) is 38.2 Å². The predicted octanol–water partition coefficient (Wildman–Crippen LogP) is 4.38. The smallest absolute Gasteiger partial charge is 0.290 e. The van der Waals surface area contributed by atoms with Crippen LogP contribution in [0.4, 0.5) is 4.79 Å². The van der Waals surface area contributed by atoms with Gasteiger partial charge in [-0.05, 0) is 55.2 Å². The number of thioether (sulfide) groups is 1. The number of ether oxygens (including phenoxy) is 1. The average molecular weight is 338 g/mol. The number of benzene rings is 1. The molecule has 2 fully saturated rings. The van der Waals surface area contributed by atoms with E-state index in [-0.39, 0.29) is 17.3 Å². The van der Waals surface area contributed by atoms with Gasteiger partial charge in [0.15, 0.2) is 0 Å². The maximum atomic E-state index is 11.6. The average Bonchev–Trinajstić information content (AvgIpc) is 2.82. The molecule has 2 aliphatic rings. The summed E-state index contributed by atoms with van der Waals surface area (Å²) in [6.45, 7) is 0. The van der Waals surface area contributed by atoms with Crippen LogP contribution >= 0.6 is 23.4 Å². The van der Waals surface area contributed by atoms with E-state index in [4.69, 9.17) is 16.3 Å². The molecule has 2 amide bonds. The Bertz CT molecular complexity index is 638. The van der Waals surface area contributed by atoms with Crippen molar-refractivity contribution in [2.75, 3.05) is 0 Å². The number of amides is 2. The summed E-state index contributed by atoms with van der Waals surface area (Å²) in [5, 5.41) is 2.35. The number of hydrogen-bond donors (Lipinski definition) is 1. The second kappa shape index (κ2) is 6.75. The highest BCUT2D eigenvalue weighted by atomic mass is 35.5. The minimum atomic E-state index is -0.385. The molecular formula is C16H16ClNO3S. The molecular weight excluding hydrogens is 322 g/mol. The van der Waals surface area contributed by atoms with Gasteiger partial charge in [-0.3, -0.25) is 14.9 Å². The minimum absolute atomic E-state index is 0.208. The monoisotopic (exact) mass is 337 g/mol. The van der Waals surface area contributed by atoms with Gasteiger partial charge in [-0.1, -0.05) is 30.2 Å². The molecule has 0 spiro atoms. The Kier molecular flexibility index (Phi) is 4.74. The number of carbonyl (C=O) groups is 2. The molecule has 1 N–H and O–H groups in total. The van der Waals surface area contributed by atoms with Gasteiger partial charge >= 0.3 is 0 Å². The van der Waals surface area contributed by atoms with Gasteiger partial charge in [0.25, 0.3) is 11.1 Å². The molecule has 1 saturated heterocycles. The second-order valence-corrected chi connectivity index (χ2v) is 6.78. The van der Waals surface area contributed by atoms with Crippen LogP contribution in [0.5, 0.6) is 5.75 Å². The van der Waals surface area contributed by atoms with Gasteiger partial charge in [0.05, 0.1) is 16.0 Å². The van der Waals surface area contributed by atoms with E-state index in [0.29, 0.717) is 21.2 Å². The zero-order valence-electron chi connectivity index (χ0n) is 11.9. The van der Waals surface area contributed by atoms with Crippen molar-refractivity contribution in [3.8, 4) is 5.75 Å². The fraction of sp³-hybridized carbons (Fsp3) is 0.375. The Morgan fingerprint density at radius 3 is 2.68 bits per heavy atom. The summed E-state index contributed by atoms with van der Waals surface area (Å²) < 4.78 is 6.00. The number of rotatable bonds is 3. The lowest BCUT2D eigenvalue weighted by molar-refractivity contribution is -0.115. The van der Waals surface area contributed by atoms with Crippen LogP contribution in [0, 0.1) is 0 Å². The summed E-state index contributed by atoms with van der Waals surface area (Å²) in [5.41, 5.74) is 0.683. The Labute approximate surface area is 138 Å². The van der Waals surface area contributed by atoms with Gasteiger partial charge in [-0.25, -0.2) is 0 Å². The third-order valence-corrected chi connectivity index (χ3v) is 4.98. The molecule has 1 aliphatic carbocycles. The number of carbonyl (C=O) groups excluding carboxylic acids is 2. The highest BCUT2D eigenvalue weighted by molar-refractivity contribution is 8.18. The highest BCUT2D eigenvalue weighted by Gasteiger charge is 2.25. The van der Waals surface area contributed by atoms with E-state index in [1.54, 1.807) is 12.1 Å². The molecule has 0 unspecified atom stereocenters. The zero-order valence-corrected chi connectivity index (χ0v) is 13.5. The van der Waals surface area contributed by atoms with E-state index in [0.717, 1.165) is 24.6 Å². The van der Waals surface area contributed by atoms with Crippen molar-refractivity contribution < 1.29 is 14.3 Å². The Balaban J connectivity index is 1.81. The molecule has 1 aromatic rings. The van der Waals surface area contributed by atoms with Crippen LogP contribution in [0.15, 0.2) is 23.1 Å². The Hall–Kier alpha value is -1.46. The van der Waals surface area contributed by atoms with Crippen LogP contribution in [0.1, 0.15) is 37.7 Å². The molecule has 22 heavy (non-hydrogen) atoms. The van der Waals surface area contributed by atoms with Crippen LogP contribution in [0.25, 0.3) is 6.08 Å². The summed E-state index contributed by atoms with van der Waals surface area (Å²) in [7, 11) is 0. The standard InChI is InChI=1S/C16H16ClNO3S/c17-14-10(9-13-15(19)18-16(20)22-13)5-4-8-12(14)21-11-6-2-1-3-7-11/h4-5,8-9,11H,1-3,6-7H2,(H,18,19,20)/b13-9-. The fourth-order valence-corrected chi connectivity index (χ4v) is 3.55. The molecule has 0 radical (unpaired) electrons. The first-order valence-electron chi connectivity index (χ1n) is 7.33. The Morgan fingerprint density at radius 2 is 2.00 bits per heavy atom. The summed E-state index contributed by atoms with van der Waals surface area (Å²) in [6, 6.07) is 5.49. The molecule has 116 valence electrons. The summed E-state index contributed by atoms with van der Waals surface area (Å²) in [5.74, 6) is 0.252. The van der Waals surface area contributed by atoms with Crippen LogP contribution < -0.4 is 10.1 Å². The molecule has 1 heterocycles. The lowest BCUT2D eigenvalue weighted by atomic mass is 9.98. The summed E-state index contributed by atoms with van der Waals surface area (Å²) in [4.78, 5) is 23.2. The Morgan fingerprint density at radius 1 is 1.23 bits per heavy atom. The van der Waals surface area contributed by atoms with Crippen molar-refractivity contribution in [1.82, 2.24) is 5.32 Å². The van der Waals surface area contributed by atoms with Gasteiger partial charge in [-0.15, -0.1) is 0 Å². The molecule has 1 aliphatic heterocycles. The van der Waals surface area contributed by atoms with Crippen molar-refractivity contribution in [2.24, 2.45) is 0 Å². The van der Waals surface area contributed by atoms with Crippen LogP contribution in [-0.2, 0) is 4.79 Å². The SMILES string of the molecule is O=C1NC(=O)/C(=C/c2cccc(OC3CCCCC3)c2Cl)S1. The summed E-state index contributed by atoms with van der Waals surface area (Å²) >= 11 is 7.28. The first kappa shape index (κ1) is 15.4. The minimum Gasteiger partial charge on any atom is -0.489 e. The van der Waals surface area contributed by atoms with Gasteiger partial charge in [0.1, 0.15) is 5.75 Å². The van der Waals surface area contributed by atoms with Gasteiger partial charge in [0, 0.05) is 0 Å². The predicted molar refractivity (Wildman–Crippen MR) is 88.1 cm³/mol. The van der Waals surface area contributed by atoms with Crippen LogP contribution in [0.2, 0.25) is 5.02 Å². The molecule has 0 bridgehead atoms. The molecule has 3 rings (SSSR count). The molecule has 6 heteroatoms. The lowest BCUT2D eigenvalue weighted by Gasteiger charge is -2.23. The van der Waals surface area contributed by atoms with Crippen molar-refractivity contribution >= 4 is 40.6 Å². The number of halogens is 1. The quantitative estimate of drug-likeness (QED) is 0.832. The van der Waals surface area contributed by atoms with Crippen molar-refractivity contribution in [3.05, 3.63) is 33.7 Å². The molecule has 4 nitrogen and oxygen atoms in total. The maximum Gasteiger partial charge on any atom is 0.290 e. The van der Waals surface area contributed by atoms with E-state index in [9.17, 15) is 9.59 Å². The van der Waals surface area contributed by atoms with E-state index in [2.05, 4.69) is 5.32 Å². The maximum absolute atomic E-state index is 11.6. The number of hydrogen-bond acceptors (Lipinski definition) is 4. The van der Waals surface area contributed by atoms with Crippen molar-refractivity contribution in [3.63, 3.8) is 0 Å². The second-order valence-electron chi connectivity index (χ2n) is 5.39.